The molecule has 166 valence electrons. The Morgan fingerprint density at radius 3 is 2.39 bits per heavy atom. The molecule has 4 rings (SSSR count). The van der Waals surface area contributed by atoms with Gasteiger partial charge in [-0.1, -0.05) is 12.1 Å². The summed E-state index contributed by atoms with van der Waals surface area (Å²) in [5, 5.41) is 5.60. The van der Waals surface area contributed by atoms with E-state index in [2.05, 4.69) is 5.10 Å². The van der Waals surface area contributed by atoms with E-state index in [0.717, 1.165) is 17.4 Å². The summed E-state index contributed by atoms with van der Waals surface area (Å²) in [5.41, 5.74) is -0.541. The zero-order valence-corrected chi connectivity index (χ0v) is 17.9. The van der Waals surface area contributed by atoms with E-state index in [1.54, 1.807) is 30.0 Å². The smallest absolute Gasteiger partial charge is 0.367 e. The lowest BCUT2D eigenvalue weighted by Gasteiger charge is -2.35. The van der Waals surface area contributed by atoms with Gasteiger partial charge in [-0.2, -0.15) is 22.6 Å². The normalized spacial score (nSPS) is 16.1. The van der Waals surface area contributed by atoms with Crippen LogP contribution in [0.15, 0.2) is 41.3 Å². The average Bonchev–Trinajstić information content (AvgIpc) is 3.35. The maximum absolute atomic E-state index is 14.0. The summed E-state index contributed by atoms with van der Waals surface area (Å²) in [4.78, 5) is 2.62. The van der Waals surface area contributed by atoms with Crippen LogP contribution in [0.5, 0.6) is 0 Å². The van der Waals surface area contributed by atoms with Crippen molar-refractivity contribution in [3.8, 4) is 10.6 Å². The Bertz CT molecular complexity index is 1200. The van der Waals surface area contributed by atoms with E-state index in [-0.39, 0.29) is 29.5 Å². The largest absolute Gasteiger partial charge is 0.432 e. The van der Waals surface area contributed by atoms with Gasteiger partial charge in [0.1, 0.15) is 17.2 Å². The van der Waals surface area contributed by atoms with Crippen molar-refractivity contribution in [3.63, 3.8) is 0 Å². The molecule has 1 saturated heterocycles. The van der Waals surface area contributed by atoms with Crippen molar-refractivity contribution in [1.29, 1.82) is 0 Å². The Morgan fingerprint density at radius 2 is 1.77 bits per heavy atom. The fraction of sp³-hybridized carbons (Fsp3) is 0.316. The monoisotopic (exact) mass is 474 g/mol. The number of alkyl halides is 3. The van der Waals surface area contributed by atoms with Gasteiger partial charge in [-0.3, -0.25) is 5.10 Å². The molecular formula is C19H18F4N4O2S2. The molecule has 2 aromatic heterocycles. The molecule has 3 aromatic rings. The predicted molar refractivity (Wildman–Crippen MR) is 109 cm³/mol. The van der Waals surface area contributed by atoms with Gasteiger partial charge in [-0.15, -0.1) is 11.3 Å². The van der Waals surface area contributed by atoms with Crippen LogP contribution in [0.25, 0.3) is 10.6 Å². The van der Waals surface area contributed by atoms with E-state index in [0.29, 0.717) is 28.5 Å². The summed E-state index contributed by atoms with van der Waals surface area (Å²) < 4.78 is 80.1. The number of para-hydroxylation sites is 1. The van der Waals surface area contributed by atoms with Crippen molar-refractivity contribution in [2.75, 3.05) is 31.1 Å². The minimum atomic E-state index is -4.57. The third kappa shape index (κ3) is 4.19. The number of nitrogens with one attached hydrogen (secondary N) is 1. The molecule has 1 fully saturated rings. The van der Waals surface area contributed by atoms with Crippen LogP contribution < -0.4 is 4.90 Å². The highest BCUT2D eigenvalue weighted by molar-refractivity contribution is 7.89. The van der Waals surface area contributed by atoms with Crippen molar-refractivity contribution in [3.05, 3.63) is 52.8 Å². The lowest BCUT2D eigenvalue weighted by atomic mass is 10.2. The fourth-order valence-corrected chi connectivity index (χ4v) is 6.40. The standard InChI is InChI=1S/C19H18F4N4O2S2/c1-12-17(11-16(30-12)14-10-18(25-24-14)19(21,22)23)31(28,29)27-8-6-26(7-9-27)15-5-3-2-4-13(15)20/h2-5,10-11H,6-9H2,1H3,(H,24,25). The number of aromatic nitrogens is 2. The van der Waals surface area contributed by atoms with Crippen LogP contribution in [-0.2, 0) is 16.2 Å². The zero-order valence-electron chi connectivity index (χ0n) is 16.3. The van der Waals surface area contributed by atoms with Crippen LogP contribution in [0, 0.1) is 12.7 Å². The molecule has 0 radical (unpaired) electrons. The molecule has 1 aliphatic rings. The Morgan fingerprint density at radius 1 is 1.10 bits per heavy atom. The van der Waals surface area contributed by atoms with Gasteiger partial charge >= 0.3 is 6.18 Å². The zero-order chi connectivity index (χ0) is 22.4. The van der Waals surface area contributed by atoms with Gasteiger partial charge < -0.3 is 4.90 Å². The molecule has 0 aliphatic carbocycles. The van der Waals surface area contributed by atoms with Gasteiger partial charge in [-0.05, 0) is 31.2 Å². The highest BCUT2D eigenvalue weighted by Gasteiger charge is 2.34. The molecule has 0 bridgehead atoms. The van der Waals surface area contributed by atoms with Crippen LogP contribution in [0.1, 0.15) is 10.6 Å². The van der Waals surface area contributed by atoms with E-state index in [9.17, 15) is 26.0 Å². The summed E-state index contributed by atoms with van der Waals surface area (Å²) in [5.74, 6) is -0.366. The molecule has 0 atom stereocenters. The van der Waals surface area contributed by atoms with Crippen LogP contribution in [-0.4, -0.2) is 49.1 Å². The maximum atomic E-state index is 14.0. The Kier molecular flexibility index (Phi) is 5.56. The lowest BCUT2D eigenvalue weighted by Crippen LogP contribution is -2.48. The number of hydrogen-bond donors (Lipinski definition) is 1. The highest BCUT2D eigenvalue weighted by Crippen LogP contribution is 2.37. The summed E-state index contributed by atoms with van der Waals surface area (Å²) in [6, 6.07) is 8.52. The van der Waals surface area contributed by atoms with Gasteiger partial charge in [-0.25, -0.2) is 12.8 Å². The molecule has 6 nitrogen and oxygen atoms in total. The van der Waals surface area contributed by atoms with Crippen LogP contribution in [0.2, 0.25) is 0 Å². The first-order valence-corrected chi connectivity index (χ1v) is 11.6. The summed E-state index contributed by atoms with van der Waals surface area (Å²) in [7, 11) is -3.85. The van der Waals surface area contributed by atoms with E-state index in [4.69, 9.17) is 0 Å². The van der Waals surface area contributed by atoms with E-state index in [1.807, 2.05) is 5.10 Å². The van der Waals surface area contributed by atoms with E-state index >= 15 is 0 Å². The molecule has 0 spiro atoms. The van der Waals surface area contributed by atoms with Gasteiger partial charge in [0.15, 0.2) is 0 Å². The van der Waals surface area contributed by atoms with Crippen LogP contribution in [0.3, 0.4) is 0 Å². The number of nitrogens with zero attached hydrogens (tertiary/aromatic N) is 3. The van der Waals surface area contributed by atoms with Crippen molar-refractivity contribution in [1.82, 2.24) is 14.5 Å². The number of halogens is 4. The first-order chi connectivity index (χ1) is 14.6. The third-order valence-electron chi connectivity index (χ3n) is 5.06. The first kappa shape index (κ1) is 21.8. The molecule has 3 heterocycles. The fourth-order valence-electron chi connectivity index (χ4n) is 3.46. The van der Waals surface area contributed by atoms with Gasteiger partial charge in [0.05, 0.1) is 15.5 Å². The van der Waals surface area contributed by atoms with Crippen LogP contribution in [0.4, 0.5) is 23.2 Å². The number of thiophene rings is 1. The summed E-state index contributed by atoms with van der Waals surface area (Å²) in [6.07, 6.45) is -4.57. The van der Waals surface area contributed by atoms with Crippen LogP contribution >= 0.6 is 11.3 Å². The number of piperazine rings is 1. The van der Waals surface area contributed by atoms with E-state index in [1.165, 1.54) is 16.4 Å². The van der Waals surface area contributed by atoms with Gasteiger partial charge in [0, 0.05) is 31.1 Å². The Labute approximate surface area is 180 Å². The molecule has 1 aromatic carbocycles. The molecule has 12 heteroatoms. The minimum absolute atomic E-state index is 0.0336. The number of aryl methyl sites for hydroxylation is 1. The summed E-state index contributed by atoms with van der Waals surface area (Å²) in [6.45, 7) is 2.59. The average molecular weight is 475 g/mol. The number of rotatable bonds is 4. The van der Waals surface area contributed by atoms with Crippen molar-refractivity contribution in [2.45, 2.75) is 18.0 Å². The second-order valence-corrected chi connectivity index (χ2v) is 10.2. The second-order valence-electron chi connectivity index (χ2n) is 7.04. The van der Waals surface area contributed by atoms with Crippen molar-refractivity contribution < 1.29 is 26.0 Å². The first-order valence-electron chi connectivity index (χ1n) is 9.30. The quantitative estimate of drug-likeness (QED) is 0.578. The molecule has 31 heavy (non-hydrogen) atoms. The number of H-pyrrole nitrogens is 1. The number of hydrogen-bond acceptors (Lipinski definition) is 5. The minimum Gasteiger partial charge on any atom is -0.367 e. The Hall–Kier alpha value is -2.44. The molecule has 0 amide bonds. The molecule has 1 N–H and O–H groups in total. The SMILES string of the molecule is Cc1sc(-c2cc(C(F)(F)F)[nH]n2)cc1S(=O)(=O)N1CCN(c2ccccc2F)CC1. The summed E-state index contributed by atoms with van der Waals surface area (Å²) >= 11 is 1.07. The highest BCUT2D eigenvalue weighted by atomic mass is 32.2. The van der Waals surface area contributed by atoms with Gasteiger partial charge in [0.25, 0.3) is 0 Å². The molecule has 0 saturated carbocycles. The number of benzene rings is 1. The Balaban J connectivity index is 1.53. The topological polar surface area (TPSA) is 69.3 Å². The third-order valence-corrected chi connectivity index (χ3v) is 8.28. The van der Waals surface area contributed by atoms with Crippen molar-refractivity contribution >= 4 is 27.0 Å². The molecule has 1 aliphatic heterocycles. The predicted octanol–water partition coefficient (Wildman–Crippen LogP) is 4.12. The molecular weight excluding hydrogens is 456 g/mol. The second kappa shape index (κ2) is 7.92. The number of sulfonamides is 1. The number of aromatic amines is 1. The lowest BCUT2D eigenvalue weighted by molar-refractivity contribution is -0.141. The van der Waals surface area contributed by atoms with Gasteiger partial charge in [0.2, 0.25) is 10.0 Å². The number of anilines is 1. The van der Waals surface area contributed by atoms with Crippen molar-refractivity contribution in [2.24, 2.45) is 0 Å². The maximum Gasteiger partial charge on any atom is 0.432 e. The van der Waals surface area contributed by atoms with E-state index < -0.39 is 21.9 Å². The molecule has 0 unspecified atom stereocenters.